The van der Waals surface area contributed by atoms with Gasteiger partial charge in [-0.1, -0.05) is 18.2 Å². The Hall–Kier alpha value is -3.55. The molecule has 1 saturated carbocycles. The van der Waals surface area contributed by atoms with E-state index in [1.807, 2.05) is 41.2 Å². The number of piperidine rings is 1. The molecule has 1 aromatic heterocycles. The number of hydrogen-bond acceptors (Lipinski definition) is 4. The van der Waals surface area contributed by atoms with E-state index >= 15 is 0 Å². The maximum Gasteiger partial charge on any atom is 0.253 e. The molecule has 0 spiro atoms. The molecule has 1 amide bonds. The first-order valence-electron chi connectivity index (χ1n) is 13.4. The summed E-state index contributed by atoms with van der Waals surface area (Å²) in [6, 6.07) is 20.6. The van der Waals surface area contributed by atoms with Gasteiger partial charge in [0.05, 0.1) is 30.6 Å². The van der Waals surface area contributed by atoms with E-state index in [4.69, 9.17) is 4.74 Å². The van der Waals surface area contributed by atoms with Gasteiger partial charge in [0.25, 0.3) is 5.91 Å². The SMILES string of the molecule is Cc1cc2c(cnn2-c2ccc(F)cc2)cc1C12CN(C(=O)c3ccccc3)CC1C2CN1CCOCC1. The van der Waals surface area contributed by atoms with E-state index in [1.165, 1.54) is 23.3 Å². The summed E-state index contributed by atoms with van der Waals surface area (Å²) in [5.74, 6) is 0.792. The number of benzene rings is 3. The molecule has 1 aliphatic carbocycles. The molecule has 38 heavy (non-hydrogen) atoms. The van der Waals surface area contributed by atoms with Gasteiger partial charge in [-0.05, 0) is 78.4 Å². The highest BCUT2D eigenvalue weighted by Crippen LogP contribution is 2.65. The Kier molecular flexibility index (Phi) is 5.60. The van der Waals surface area contributed by atoms with E-state index in [1.54, 1.807) is 12.1 Å². The van der Waals surface area contributed by atoms with Gasteiger partial charge in [-0.3, -0.25) is 9.69 Å². The quantitative estimate of drug-likeness (QED) is 0.398. The lowest BCUT2D eigenvalue weighted by molar-refractivity contribution is 0.0328. The van der Waals surface area contributed by atoms with E-state index in [2.05, 4.69) is 34.0 Å². The highest BCUT2D eigenvalue weighted by molar-refractivity contribution is 5.95. The van der Waals surface area contributed by atoms with Crippen LogP contribution in [0, 0.1) is 24.6 Å². The molecule has 6 nitrogen and oxygen atoms in total. The molecule has 2 aliphatic heterocycles. The number of morpholine rings is 1. The number of nitrogens with zero attached hydrogens (tertiary/aromatic N) is 4. The van der Waals surface area contributed by atoms with Crippen molar-refractivity contribution >= 4 is 16.8 Å². The number of aryl methyl sites for hydroxylation is 1. The van der Waals surface area contributed by atoms with Crippen molar-refractivity contribution in [1.29, 1.82) is 0 Å². The first kappa shape index (κ1) is 23.6. The number of fused-ring (bicyclic) bond motifs is 2. The molecular formula is C31H31FN4O2. The average molecular weight is 511 g/mol. The maximum atomic E-state index is 13.5. The molecular weight excluding hydrogens is 479 g/mol. The summed E-state index contributed by atoms with van der Waals surface area (Å²) in [7, 11) is 0. The van der Waals surface area contributed by atoms with Crippen molar-refractivity contribution in [3.63, 3.8) is 0 Å². The van der Waals surface area contributed by atoms with Crippen LogP contribution in [0.1, 0.15) is 21.5 Å². The van der Waals surface area contributed by atoms with Crippen molar-refractivity contribution in [2.24, 2.45) is 11.8 Å². The Morgan fingerprint density at radius 2 is 1.84 bits per heavy atom. The maximum absolute atomic E-state index is 13.5. The van der Waals surface area contributed by atoms with Crippen LogP contribution in [-0.4, -0.2) is 71.4 Å². The molecule has 4 aromatic rings. The third-order valence-corrected chi connectivity index (χ3v) is 8.92. The Labute approximate surface area is 221 Å². The van der Waals surface area contributed by atoms with Crippen molar-refractivity contribution in [2.75, 3.05) is 45.9 Å². The van der Waals surface area contributed by atoms with Gasteiger partial charge in [0, 0.05) is 49.1 Å². The van der Waals surface area contributed by atoms with Crippen LogP contribution in [0.25, 0.3) is 16.6 Å². The Morgan fingerprint density at radius 1 is 1.08 bits per heavy atom. The second-order valence-electron chi connectivity index (χ2n) is 11.0. The fourth-order valence-electron chi connectivity index (χ4n) is 6.97. The van der Waals surface area contributed by atoms with Crippen LogP contribution in [0.5, 0.6) is 0 Å². The molecule has 7 heteroatoms. The second-order valence-corrected chi connectivity index (χ2v) is 11.0. The van der Waals surface area contributed by atoms with Crippen molar-refractivity contribution in [3.8, 4) is 5.69 Å². The molecule has 3 unspecified atom stereocenters. The third-order valence-electron chi connectivity index (χ3n) is 8.92. The minimum Gasteiger partial charge on any atom is -0.379 e. The zero-order valence-corrected chi connectivity index (χ0v) is 21.5. The summed E-state index contributed by atoms with van der Waals surface area (Å²) in [6.07, 6.45) is 1.90. The summed E-state index contributed by atoms with van der Waals surface area (Å²) >= 11 is 0. The number of aromatic nitrogens is 2. The number of halogens is 1. The molecule has 0 radical (unpaired) electrons. The molecule has 7 rings (SSSR count). The van der Waals surface area contributed by atoms with Crippen LogP contribution in [0.15, 0.2) is 72.9 Å². The molecule has 3 aliphatic rings. The zero-order chi connectivity index (χ0) is 25.9. The van der Waals surface area contributed by atoms with Gasteiger partial charge in [-0.2, -0.15) is 5.10 Å². The van der Waals surface area contributed by atoms with E-state index in [0.717, 1.165) is 68.1 Å². The summed E-state index contributed by atoms with van der Waals surface area (Å²) in [4.78, 5) is 18.0. The molecule has 3 fully saturated rings. The number of amides is 1. The van der Waals surface area contributed by atoms with Gasteiger partial charge < -0.3 is 9.64 Å². The van der Waals surface area contributed by atoms with Gasteiger partial charge in [0.2, 0.25) is 0 Å². The van der Waals surface area contributed by atoms with Crippen LogP contribution in [-0.2, 0) is 10.2 Å². The van der Waals surface area contributed by atoms with E-state index in [0.29, 0.717) is 11.8 Å². The fourth-order valence-corrected chi connectivity index (χ4v) is 6.97. The lowest BCUT2D eigenvalue weighted by atomic mass is 9.88. The van der Waals surface area contributed by atoms with Gasteiger partial charge in [0.1, 0.15) is 5.82 Å². The molecule has 0 N–H and O–H groups in total. The standard InChI is InChI=1S/C31H31FN4O2/c1-21-15-29-23(17-33-36(29)25-9-7-24(32)8-10-25)16-26(21)31-20-35(30(37)22-5-3-2-4-6-22)19-28(31)27(31)18-34-11-13-38-14-12-34/h2-10,15-17,27-28H,11-14,18-20H2,1H3. The minimum absolute atomic E-state index is 0.0566. The van der Waals surface area contributed by atoms with Crippen molar-refractivity contribution in [1.82, 2.24) is 19.6 Å². The van der Waals surface area contributed by atoms with Crippen molar-refractivity contribution < 1.29 is 13.9 Å². The summed E-state index contributed by atoms with van der Waals surface area (Å²) in [5, 5.41) is 5.71. The first-order valence-corrected chi connectivity index (χ1v) is 13.4. The Bertz CT molecular complexity index is 1500. The predicted octanol–water partition coefficient (Wildman–Crippen LogP) is 4.45. The van der Waals surface area contributed by atoms with Crippen LogP contribution in [0.3, 0.4) is 0 Å². The average Bonchev–Trinajstić information content (AvgIpc) is 3.25. The van der Waals surface area contributed by atoms with E-state index in [9.17, 15) is 9.18 Å². The monoisotopic (exact) mass is 510 g/mol. The molecule has 3 aromatic carbocycles. The Balaban J connectivity index is 1.25. The molecule has 3 atom stereocenters. The van der Waals surface area contributed by atoms with E-state index in [-0.39, 0.29) is 17.1 Å². The van der Waals surface area contributed by atoms with E-state index < -0.39 is 0 Å². The zero-order valence-electron chi connectivity index (χ0n) is 21.5. The number of hydrogen-bond donors (Lipinski definition) is 0. The van der Waals surface area contributed by atoms with Crippen LogP contribution in [0.2, 0.25) is 0 Å². The van der Waals surface area contributed by atoms with Gasteiger partial charge in [0.15, 0.2) is 0 Å². The molecule has 3 heterocycles. The topological polar surface area (TPSA) is 50.6 Å². The van der Waals surface area contributed by atoms with Crippen molar-refractivity contribution in [2.45, 2.75) is 12.3 Å². The summed E-state index contributed by atoms with van der Waals surface area (Å²) < 4.78 is 21.0. The minimum atomic E-state index is -0.260. The number of ether oxygens (including phenoxy) is 1. The van der Waals surface area contributed by atoms with Crippen molar-refractivity contribution in [3.05, 3.63) is 95.4 Å². The van der Waals surface area contributed by atoms with Crippen LogP contribution >= 0.6 is 0 Å². The van der Waals surface area contributed by atoms with Crippen LogP contribution < -0.4 is 0 Å². The number of carbonyl (C=O) groups is 1. The fraction of sp³-hybridized carbons (Fsp3) is 0.355. The van der Waals surface area contributed by atoms with Gasteiger partial charge in [-0.15, -0.1) is 0 Å². The Morgan fingerprint density at radius 3 is 2.61 bits per heavy atom. The predicted molar refractivity (Wildman–Crippen MR) is 144 cm³/mol. The van der Waals surface area contributed by atoms with Gasteiger partial charge >= 0.3 is 0 Å². The second kappa shape index (κ2) is 9.03. The van der Waals surface area contributed by atoms with Crippen LogP contribution in [0.4, 0.5) is 4.39 Å². The highest BCUT2D eigenvalue weighted by Gasteiger charge is 2.70. The van der Waals surface area contributed by atoms with Gasteiger partial charge in [-0.25, -0.2) is 9.07 Å². The lowest BCUT2D eigenvalue weighted by Crippen LogP contribution is -2.41. The largest absolute Gasteiger partial charge is 0.379 e. The molecule has 0 bridgehead atoms. The summed E-state index contributed by atoms with van der Waals surface area (Å²) in [5.41, 5.74) is 5.08. The highest BCUT2D eigenvalue weighted by atomic mass is 19.1. The number of carbonyl (C=O) groups excluding carboxylic acids is 1. The lowest BCUT2D eigenvalue weighted by Gasteiger charge is -2.30. The number of rotatable bonds is 5. The molecule has 2 saturated heterocycles. The number of likely N-dealkylation sites (tertiary alicyclic amines) is 1. The molecule has 194 valence electrons. The third kappa shape index (κ3) is 3.76. The normalized spacial score (nSPS) is 25.1. The smallest absolute Gasteiger partial charge is 0.253 e. The summed E-state index contributed by atoms with van der Waals surface area (Å²) in [6.45, 7) is 8.24. The first-order chi connectivity index (χ1) is 18.5.